The minimum Gasteiger partial charge on any atom is -0.497 e. The molecule has 3 nitrogen and oxygen atoms in total. The molecule has 1 fully saturated rings. The Bertz CT molecular complexity index is 624. The molecular weight excluding hydrogens is 262 g/mol. The van der Waals surface area contributed by atoms with Crippen molar-refractivity contribution in [2.75, 3.05) is 13.7 Å². The SMILES string of the molecule is COc1cccc(C(=O)N2CCCC2c2ccccc2)c1. The van der Waals surface area contributed by atoms with Crippen LogP contribution in [0.15, 0.2) is 54.6 Å². The molecule has 1 amide bonds. The summed E-state index contributed by atoms with van der Waals surface area (Å²) in [6.07, 6.45) is 2.08. The van der Waals surface area contributed by atoms with Gasteiger partial charge in [0.05, 0.1) is 13.2 Å². The number of likely N-dealkylation sites (tertiary alicyclic amines) is 1. The maximum atomic E-state index is 12.8. The van der Waals surface area contributed by atoms with E-state index in [0.717, 1.165) is 25.1 Å². The second-order valence-corrected chi connectivity index (χ2v) is 5.30. The van der Waals surface area contributed by atoms with Gasteiger partial charge in [-0.05, 0) is 36.6 Å². The van der Waals surface area contributed by atoms with Gasteiger partial charge in [-0.1, -0.05) is 36.4 Å². The van der Waals surface area contributed by atoms with E-state index in [1.165, 1.54) is 5.56 Å². The molecule has 0 N–H and O–H groups in total. The predicted molar refractivity (Wildman–Crippen MR) is 82.4 cm³/mol. The molecule has 1 saturated heterocycles. The van der Waals surface area contributed by atoms with E-state index in [4.69, 9.17) is 4.74 Å². The second-order valence-electron chi connectivity index (χ2n) is 5.30. The van der Waals surface area contributed by atoms with Crippen LogP contribution in [-0.4, -0.2) is 24.5 Å². The van der Waals surface area contributed by atoms with Gasteiger partial charge in [-0.15, -0.1) is 0 Å². The lowest BCUT2D eigenvalue weighted by molar-refractivity contribution is 0.0735. The molecule has 0 saturated carbocycles. The van der Waals surface area contributed by atoms with Crippen molar-refractivity contribution in [1.82, 2.24) is 4.90 Å². The first-order valence-electron chi connectivity index (χ1n) is 7.29. The normalized spacial score (nSPS) is 17.8. The average Bonchev–Trinajstić information content (AvgIpc) is 3.04. The number of benzene rings is 2. The van der Waals surface area contributed by atoms with Gasteiger partial charge >= 0.3 is 0 Å². The van der Waals surface area contributed by atoms with Gasteiger partial charge in [0, 0.05) is 12.1 Å². The Morgan fingerprint density at radius 1 is 1.14 bits per heavy atom. The summed E-state index contributed by atoms with van der Waals surface area (Å²) in [7, 11) is 1.62. The Morgan fingerprint density at radius 3 is 2.71 bits per heavy atom. The van der Waals surface area contributed by atoms with Crippen LogP contribution in [-0.2, 0) is 0 Å². The number of amides is 1. The zero-order valence-corrected chi connectivity index (χ0v) is 12.2. The fraction of sp³-hybridized carbons (Fsp3) is 0.278. The summed E-state index contributed by atoms with van der Waals surface area (Å²) in [5.41, 5.74) is 1.91. The van der Waals surface area contributed by atoms with E-state index < -0.39 is 0 Å². The van der Waals surface area contributed by atoms with Crippen molar-refractivity contribution in [2.45, 2.75) is 18.9 Å². The van der Waals surface area contributed by atoms with Crippen LogP contribution in [0.4, 0.5) is 0 Å². The summed E-state index contributed by atoms with van der Waals surface area (Å²) >= 11 is 0. The lowest BCUT2D eigenvalue weighted by atomic mass is 10.0. The number of rotatable bonds is 3. The summed E-state index contributed by atoms with van der Waals surface area (Å²) in [5.74, 6) is 0.802. The molecule has 0 aromatic heterocycles. The standard InChI is InChI=1S/C18H19NO2/c1-21-16-10-5-9-15(13-16)18(20)19-12-6-11-17(19)14-7-3-2-4-8-14/h2-5,7-10,13,17H,6,11-12H2,1H3. The van der Waals surface area contributed by atoms with Crippen LogP contribution in [0.3, 0.4) is 0 Å². The summed E-state index contributed by atoms with van der Waals surface area (Å²) in [6.45, 7) is 0.815. The van der Waals surface area contributed by atoms with Crippen LogP contribution >= 0.6 is 0 Å². The molecule has 108 valence electrons. The van der Waals surface area contributed by atoms with Crippen molar-refractivity contribution < 1.29 is 9.53 Å². The third kappa shape index (κ3) is 2.77. The van der Waals surface area contributed by atoms with Crippen molar-refractivity contribution in [3.8, 4) is 5.75 Å². The highest BCUT2D eigenvalue weighted by Crippen LogP contribution is 2.33. The molecule has 1 atom stereocenters. The van der Waals surface area contributed by atoms with E-state index in [0.29, 0.717) is 5.56 Å². The number of hydrogen-bond donors (Lipinski definition) is 0. The molecule has 21 heavy (non-hydrogen) atoms. The maximum absolute atomic E-state index is 12.8. The highest BCUT2D eigenvalue weighted by molar-refractivity contribution is 5.95. The van der Waals surface area contributed by atoms with Gasteiger partial charge in [-0.2, -0.15) is 0 Å². The quantitative estimate of drug-likeness (QED) is 0.859. The summed E-state index contributed by atoms with van der Waals surface area (Å²) in [6, 6.07) is 17.8. The Labute approximate surface area is 125 Å². The average molecular weight is 281 g/mol. The topological polar surface area (TPSA) is 29.5 Å². The third-order valence-corrected chi connectivity index (χ3v) is 4.01. The number of ether oxygens (including phenoxy) is 1. The molecule has 1 unspecified atom stereocenters. The largest absolute Gasteiger partial charge is 0.497 e. The summed E-state index contributed by atoms with van der Waals surface area (Å²) < 4.78 is 5.21. The van der Waals surface area contributed by atoms with E-state index in [-0.39, 0.29) is 11.9 Å². The minimum atomic E-state index is 0.0836. The van der Waals surface area contributed by atoms with Gasteiger partial charge in [0.2, 0.25) is 0 Å². The second kappa shape index (κ2) is 6.00. The molecule has 2 aromatic rings. The molecule has 0 aliphatic carbocycles. The lowest BCUT2D eigenvalue weighted by Crippen LogP contribution is -2.30. The third-order valence-electron chi connectivity index (χ3n) is 4.01. The molecule has 0 bridgehead atoms. The Kier molecular flexibility index (Phi) is 3.91. The fourth-order valence-corrected chi connectivity index (χ4v) is 2.95. The van der Waals surface area contributed by atoms with Crippen LogP contribution in [0.1, 0.15) is 34.8 Å². The molecule has 1 heterocycles. The minimum absolute atomic E-state index is 0.0836. The van der Waals surface area contributed by atoms with E-state index in [2.05, 4.69) is 12.1 Å². The van der Waals surface area contributed by atoms with E-state index in [1.807, 2.05) is 47.4 Å². The number of nitrogens with zero attached hydrogens (tertiary/aromatic N) is 1. The van der Waals surface area contributed by atoms with Crippen molar-refractivity contribution >= 4 is 5.91 Å². The highest BCUT2D eigenvalue weighted by Gasteiger charge is 2.30. The van der Waals surface area contributed by atoms with E-state index in [1.54, 1.807) is 7.11 Å². The van der Waals surface area contributed by atoms with Crippen LogP contribution in [0.5, 0.6) is 5.75 Å². The van der Waals surface area contributed by atoms with Gasteiger partial charge in [0.1, 0.15) is 5.75 Å². The molecule has 2 aromatic carbocycles. The molecular formula is C18H19NO2. The Morgan fingerprint density at radius 2 is 1.95 bits per heavy atom. The zero-order valence-electron chi connectivity index (χ0n) is 12.2. The Hall–Kier alpha value is -2.29. The molecule has 3 heteroatoms. The van der Waals surface area contributed by atoms with Gasteiger partial charge in [0.15, 0.2) is 0 Å². The first-order valence-corrected chi connectivity index (χ1v) is 7.29. The van der Waals surface area contributed by atoms with Crippen LogP contribution in [0.25, 0.3) is 0 Å². The number of hydrogen-bond acceptors (Lipinski definition) is 2. The van der Waals surface area contributed by atoms with Crippen LogP contribution in [0, 0.1) is 0 Å². The smallest absolute Gasteiger partial charge is 0.254 e. The fourth-order valence-electron chi connectivity index (χ4n) is 2.95. The number of carbonyl (C=O) groups is 1. The van der Waals surface area contributed by atoms with E-state index in [9.17, 15) is 4.79 Å². The molecule has 3 rings (SSSR count). The molecule has 0 radical (unpaired) electrons. The van der Waals surface area contributed by atoms with Gasteiger partial charge in [-0.25, -0.2) is 0 Å². The van der Waals surface area contributed by atoms with Gasteiger partial charge < -0.3 is 9.64 Å². The van der Waals surface area contributed by atoms with Crippen molar-refractivity contribution in [1.29, 1.82) is 0 Å². The summed E-state index contributed by atoms with van der Waals surface area (Å²) in [5, 5.41) is 0. The van der Waals surface area contributed by atoms with E-state index >= 15 is 0 Å². The first-order chi connectivity index (χ1) is 10.3. The highest BCUT2D eigenvalue weighted by atomic mass is 16.5. The van der Waals surface area contributed by atoms with Crippen LogP contribution < -0.4 is 4.74 Å². The zero-order chi connectivity index (χ0) is 14.7. The molecule has 1 aliphatic heterocycles. The maximum Gasteiger partial charge on any atom is 0.254 e. The van der Waals surface area contributed by atoms with Crippen molar-refractivity contribution in [2.24, 2.45) is 0 Å². The first kappa shape index (κ1) is 13.7. The van der Waals surface area contributed by atoms with Gasteiger partial charge in [-0.3, -0.25) is 4.79 Å². The number of carbonyl (C=O) groups excluding carboxylic acids is 1. The summed E-state index contributed by atoms with van der Waals surface area (Å²) in [4.78, 5) is 14.7. The monoisotopic (exact) mass is 281 g/mol. The van der Waals surface area contributed by atoms with Crippen molar-refractivity contribution in [3.05, 3.63) is 65.7 Å². The lowest BCUT2D eigenvalue weighted by Gasteiger charge is -2.25. The van der Waals surface area contributed by atoms with Crippen LogP contribution in [0.2, 0.25) is 0 Å². The van der Waals surface area contributed by atoms with Crippen molar-refractivity contribution in [3.63, 3.8) is 0 Å². The Balaban J connectivity index is 1.86. The van der Waals surface area contributed by atoms with Gasteiger partial charge in [0.25, 0.3) is 5.91 Å². The number of methoxy groups -OCH3 is 1. The molecule has 1 aliphatic rings. The predicted octanol–water partition coefficient (Wildman–Crippen LogP) is 3.67. The molecule has 0 spiro atoms.